The summed E-state index contributed by atoms with van der Waals surface area (Å²) in [6.07, 6.45) is 3.89. The van der Waals surface area contributed by atoms with Crippen molar-refractivity contribution in [2.24, 2.45) is 0 Å². The van der Waals surface area contributed by atoms with Gasteiger partial charge in [-0.1, -0.05) is 18.2 Å². The van der Waals surface area contributed by atoms with Gasteiger partial charge in [-0.15, -0.1) is 11.3 Å². The van der Waals surface area contributed by atoms with Gasteiger partial charge in [0.05, 0.1) is 31.2 Å². The highest BCUT2D eigenvalue weighted by Crippen LogP contribution is 2.40. The molecule has 6 nitrogen and oxygen atoms in total. The molecular formula is C23H19N3O3S. The van der Waals surface area contributed by atoms with Gasteiger partial charge in [-0.05, 0) is 30.3 Å². The van der Waals surface area contributed by atoms with Gasteiger partial charge < -0.3 is 14.4 Å². The van der Waals surface area contributed by atoms with Gasteiger partial charge in [-0.3, -0.25) is 9.20 Å². The second-order valence-corrected chi connectivity index (χ2v) is 7.78. The molecule has 0 N–H and O–H groups in total. The predicted molar refractivity (Wildman–Crippen MR) is 119 cm³/mol. The molecule has 1 aliphatic heterocycles. The van der Waals surface area contributed by atoms with Gasteiger partial charge in [0.25, 0.3) is 5.91 Å². The Labute approximate surface area is 177 Å². The number of para-hydroxylation sites is 1. The Morgan fingerprint density at radius 2 is 1.90 bits per heavy atom. The highest BCUT2D eigenvalue weighted by molar-refractivity contribution is 7.15. The topological polar surface area (TPSA) is 56.1 Å². The zero-order valence-electron chi connectivity index (χ0n) is 16.7. The smallest absolute Gasteiger partial charge is 0.258 e. The van der Waals surface area contributed by atoms with E-state index in [9.17, 15) is 4.79 Å². The van der Waals surface area contributed by atoms with Gasteiger partial charge in [0, 0.05) is 29.8 Å². The van der Waals surface area contributed by atoms with E-state index in [0.717, 1.165) is 33.2 Å². The minimum Gasteiger partial charge on any atom is -0.497 e. The van der Waals surface area contributed by atoms with Gasteiger partial charge in [0.1, 0.15) is 17.2 Å². The molecule has 0 saturated carbocycles. The predicted octanol–water partition coefficient (Wildman–Crippen LogP) is 4.60. The molecule has 0 atom stereocenters. The third kappa shape index (κ3) is 2.70. The van der Waals surface area contributed by atoms with E-state index in [1.165, 1.54) is 0 Å². The summed E-state index contributed by atoms with van der Waals surface area (Å²) in [5, 5.41) is 1.98. The number of carbonyl (C=O) groups is 1. The van der Waals surface area contributed by atoms with E-state index >= 15 is 0 Å². The largest absolute Gasteiger partial charge is 0.497 e. The number of fused-ring (bicyclic) bond motifs is 2. The summed E-state index contributed by atoms with van der Waals surface area (Å²) in [5.74, 6) is 1.36. The fourth-order valence-corrected chi connectivity index (χ4v) is 4.53. The van der Waals surface area contributed by atoms with E-state index in [0.29, 0.717) is 17.1 Å². The molecule has 7 heteroatoms. The Hall–Kier alpha value is -3.58. The number of benzene rings is 2. The molecule has 0 radical (unpaired) electrons. The third-order valence-electron chi connectivity index (χ3n) is 5.33. The van der Waals surface area contributed by atoms with Crippen LogP contribution in [0.2, 0.25) is 0 Å². The van der Waals surface area contributed by atoms with E-state index in [1.54, 1.807) is 37.5 Å². The number of carbonyl (C=O) groups excluding carboxylic acids is 1. The molecule has 0 fully saturated rings. The highest BCUT2D eigenvalue weighted by Gasteiger charge is 2.30. The van der Waals surface area contributed by atoms with Crippen LogP contribution in [0.3, 0.4) is 0 Å². The van der Waals surface area contributed by atoms with Crippen molar-refractivity contribution in [3.63, 3.8) is 0 Å². The molecule has 150 valence electrons. The van der Waals surface area contributed by atoms with E-state index < -0.39 is 0 Å². The molecule has 0 aliphatic carbocycles. The van der Waals surface area contributed by atoms with Crippen LogP contribution in [0.5, 0.6) is 11.5 Å². The van der Waals surface area contributed by atoms with Gasteiger partial charge >= 0.3 is 0 Å². The maximum absolute atomic E-state index is 13.0. The molecule has 3 heterocycles. The number of thiazole rings is 1. The number of ether oxygens (including phenoxy) is 2. The summed E-state index contributed by atoms with van der Waals surface area (Å²) in [4.78, 5) is 20.4. The summed E-state index contributed by atoms with van der Waals surface area (Å²) in [5.41, 5.74) is 4.84. The molecule has 0 bridgehead atoms. The number of methoxy groups -OCH3 is 2. The zero-order valence-corrected chi connectivity index (χ0v) is 17.6. The van der Waals surface area contributed by atoms with Crippen LogP contribution in [0.4, 0.5) is 5.69 Å². The number of imidazole rings is 1. The first-order valence-corrected chi connectivity index (χ1v) is 10.3. The lowest BCUT2D eigenvalue weighted by Crippen LogP contribution is -2.20. The SMILES string of the molecule is COc1ccc(OC)c(-c2nc3sccn3c2/C=C2/C(=O)N(C)c3ccccc32)c1. The number of hydrogen-bond donors (Lipinski definition) is 0. The van der Waals surface area contributed by atoms with Gasteiger partial charge in [-0.2, -0.15) is 0 Å². The summed E-state index contributed by atoms with van der Waals surface area (Å²) in [7, 11) is 5.06. The average molecular weight is 417 g/mol. The van der Waals surface area contributed by atoms with Gasteiger partial charge in [0.15, 0.2) is 4.96 Å². The molecule has 4 aromatic rings. The van der Waals surface area contributed by atoms with E-state index in [1.807, 2.05) is 64.5 Å². The van der Waals surface area contributed by atoms with Crippen LogP contribution in [-0.2, 0) is 4.79 Å². The molecule has 5 rings (SSSR count). The fourth-order valence-electron chi connectivity index (χ4n) is 3.81. The average Bonchev–Trinajstić information content (AvgIpc) is 3.43. The standard InChI is InChI=1S/C23H19N3O3S/c1-25-18-7-5-4-6-15(18)16(22(25)27)13-19-21(24-23-26(19)10-11-30-23)17-12-14(28-2)8-9-20(17)29-3/h4-13H,1-3H3/b16-13+. The van der Waals surface area contributed by atoms with E-state index in [-0.39, 0.29) is 5.91 Å². The van der Waals surface area contributed by atoms with Crippen molar-refractivity contribution >= 4 is 39.5 Å². The first kappa shape index (κ1) is 18.4. The van der Waals surface area contributed by atoms with E-state index in [2.05, 4.69) is 0 Å². The van der Waals surface area contributed by atoms with Crippen molar-refractivity contribution in [2.45, 2.75) is 0 Å². The third-order valence-corrected chi connectivity index (χ3v) is 6.09. The number of aromatic nitrogens is 2. The molecule has 0 spiro atoms. The molecule has 30 heavy (non-hydrogen) atoms. The van der Waals surface area contributed by atoms with Crippen LogP contribution < -0.4 is 14.4 Å². The van der Waals surface area contributed by atoms with Crippen molar-refractivity contribution in [1.29, 1.82) is 0 Å². The summed E-state index contributed by atoms with van der Waals surface area (Å²) < 4.78 is 13.0. The molecular weight excluding hydrogens is 398 g/mol. The molecule has 1 aliphatic rings. The van der Waals surface area contributed by atoms with Gasteiger partial charge in [-0.25, -0.2) is 4.98 Å². The Morgan fingerprint density at radius 3 is 2.70 bits per heavy atom. The Bertz CT molecular complexity index is 1320. The maximum Gasteiger partial charge on any atom is 0.258 e. The lowest BCUT2D eigenvalue weighted by atomic mass is 10.0. The van der Waals surface area contributed by atoms with Crippen LogP contribution in [0, 0.1) is 0 Å². The number of likely N-dealkylation sites (N-methyl/N-ethyl adjacent to an activating group) is 1. The first-order chi connectivity index (χ1) is 14.6. The molecule has 0 saturated heterocycles. The molecule has 0 unspecified atom stereocenters. The van der Waals surface area contributed by atoms with Crippen molar-refractivity contribution < 1.29 is 14.3 Å². The summed E-state index contributed by atoms with van der Waals surface area (Å²) in [6, 6.07) is 13.4. The second-order valence-electron chi connectivity index (χ2n) is 6.91. The van der Waals surface area contributed by atoms with Crippen molar-refractivity contribution in [3.8, 4) is 22.8 Å². The Balaban J connectivity index is 1.77. The molecule has 1 amide bonds. The first-order valence-electron chi connectivity index (χ1n) is 9.39. The fraction of sp³-hybridized carbons (Fsp3) is 0.130. The van der Waals surface area contributed by atoms with Crippen LogP contribution in [0.1, 0.15) is 11.3 Å². The highest BCUT2D eigenvalue weighted by atomic mass is 32.1. The van der Waals surface area contributed by atoms with Gasteiger partial charge in [0.2, 0.25) is 0 Å². The second kappa shape index (κ2) is 7.03. The van der Waals surface area contributed by atoms with Crippen molar-refractivity contribution in [3.05, 3.63) is 65.3 Å². The number of amides is 1. The Morgan fingerprint density at radius 1 is 1.07 bits per heavy atom. The zero-order chi connectivity index (χ0) is 20.8. The number of nitrogens with zero attached hydrogens (tertiary/aromatic N) is 3. The quantitative estimate of drug-likeness (QED) is 0.456. The number of anilines is 1. The molecule has 2 aromatic heterocycles. The Kier molecular flexibility index (Phi) is 4.33. The molecule has 2 aromatic carbocycles. The lowest BCUT2D eigenvalue weighted by Gasteiger charge is -2.10. The monoisotopic (exact) mass is 417 g/mol. The van der Waals surface area contributed by atoms with Crippen LogP contribution in [-0.4, -0.2) is 36.6 Å². The lowest BCUT2D eigenvalue weighted by molar-refractivity contribution is -0.112. The van der Waals surface area contributed by atoms with Crippen LogP contribution >= 0.6 is 11.3 Å². The minimum absolute atomic E-state index is 0.0371. The van der Waals surface area contributed by atoms with E-state index in [4.69, 9.17) is 14.5 Å². The maximum atomic E-state index is 13.0. The number of hydrogen-bond acceptors (Lipinski definition) is 5. The van der Waals surface area contributed by atoms with Crippen LogP contribution in [0.15, 0.2) is 54.0 Å². The minimum atomic E-state index is -0.0371. The van der Waals surface area contributed by atoms with Crippen molar-refractivity contribution in [2.75, 3.05) is 26.2 Å². The van der Waals surface area contributed by atoms with Crippen LogP contribution in [0.25, 0.3) is 27.9 Å². The van der Waals surface area contributed by atoms with Crippen molar-refractivity contribution in [1.82, 2.24) is 9.38 Å². The number of rotatable bonds is 4. The summed E-state index contributed by atoms with van der Waals surface area (Å²) in [6.45, 7) is 0. The summed E-state index contributed by atoms with van der Waals surface area (Å²) >= 11 is 1.54. The normalized spacial score (nSPS) is 14.6.